The lowest BCUT2D eigenvalue weighted by atomic mass is 10.0. The summed E-state index contributed by atoms with van der Waals surface area (Å²) in [4.78, 5) is 22.8. The fourth-order valence-electron chi connectivity index (χ4n) is 1.30. The van der Waals surface area contributed by atoms with Crippen molar-refractivity contribution in [3.63, 3.8) is 0 Å². The summed E-state index contributed by atoms with van der Waals surface area (Å²) in [6.45, 7) is 6.00. The van der Waals surface area contributed by atoms with Crippen LogP contribution in [-0.4, -0.2) is 35.8 Å². The van der Waals surface area contributed by atoms with Gasteiger partial charge in [0.2, 0.25) is 5.91 Å². The van der Waals surface area contributed by atoms with Gasteiger partial charge in [0, 0.05) is 0 Å². The van der Waals surface area contributed by atoms with Crippen LogP contribution in [0.3, 0.4) is 0 Å². The number of nitrogens with two attached hydrogens (primary N) is 1. The van der Waals surface area contributed by atoms with Crippen LogP contribution in [0.1, 0.15) is 27.2 Å². The number of nitrogens with one attached hydrogen (secondary N) is 1. The number of ketones is 1. The van der Waals surface area contributed by atoms with Crippen molar-refractivity contribution >= 4 is 23.5 Å². The molecule has 0 rings (SSSR count). The highest BCUT2D eigenvalue weighted by atomic mass is 32.2. The second kappa shape index (κ2) is 8.58. The molecule has 1 atom stereocenters. The molecular weight excluding hydrogens is 224 g/mol. The quantitative estimate of drug-likeness (QED) is 0.621. The van der Waals surface area contributed by atoms with Crippen LogP contribution in [0.4, 0.5) is 0 Å². The molecular formula is C11H22N2O2S. The predicted molar refractivity (Wildman–Crippen MR) is 68.4 cm³/mol. The number of amides is 1. The number of carbonyl (C=O) groups excluding carboxylic acids is 2. The van der Waals surface area contributed by atoms with Gasteiger partial charge < -0.3 is 11.1 Å². The van der Waals surface area contributed by atoms with Crippen molar-refractivity contribution in [1.29, 1.82) is 0 Å². The highest BCUT2D eigenvalue weighted by Gasteiger charge is 2.20. The molecule has 0 heterocycles. The van der Waals surface area contributed by atoms with Crippen molar-refractivity contribution in [3.05, 3.63) is 0 Å². The third-order valence-electron chi connectivity index (χ3n) is 2.15. The lowest BCUT2D eigenvalue weighted by Gasteiger charge is -2.19. The van der Waals surface area contributed by atoms with Gasteiger partial charge in [-0.2, -0.15) is 11.8 Å². The molecule has 5 heteroatoms. The van der Waals surface area contributed by atoms with E-state index in [-0.39, 0.29) is 23.7 Å². The fraction of sp³-hybridized carbons (Fsp3) is 0.818. The Bertz CT molecular complexity index is 232. The van der Waals surface area contributed by atoms with Gasteiger partial charge in [-0.05, 0) is 31.6 Å². The van der Waals surface area contributed by atoms with E-state index in [2.05, 4.69) is 5.32 Å². The van der Waals surface area contributed by atoms with Crippen molar-refractivity contribution in [2.45, 2.75) is 33.2 Å². The van der Waals surface area contributed by atoms with Crippen LogP contribution in [0, 0.1) is 5.92 Å². The van der Waals surface area contributed by atoms with Crippen LogP contribution in [-0.2, 0) is 9.59 Å². The summed E-state index contributed by atoms with van der Waals surface area (Å²) < 4.78 is 0. The van der Waals surface area contributed by atoms with Crippen LogP contribution in [0.5, 0.6) is 0 Å². The SMILES string of the molecule is CC(=O)C(NC(=O)CSCCCN)C(C)C. The van der Waals surface area contributed by atoms with Gasteiger partial charge in [0.25, 0.3) is 0 Å². The number of Topliss-reactive ketones (excluding diaryl/α,β-unsaturated/α-hetero) is 1. The Morgan fingerprint density at radius 1 is 1.38 bits per heavy atom. The lowest BCUT2D eigenvalue weighted by molar-refractivity contribution is -0.126. The summed E-state index contributed by atoms with van der Waals surface area (Å²) in [6.07, 6.45) is 0.915. The maximum Gasteiger partial charge on any atom is 0.230 e. The van der Waals surface area contributed by atoms with Gasteiger partial charge in [-0.15, -0.1) is 0 Å². The number of hydrogen-bond acceptors (Lipinski definition) is 4. The van der Waals surface area contributed by atoms with E-state index >= 15 is 0 Å². The van der Waals surface area contributed by atoms with E-state index in [1.807, 2.05) is 13.8 Å². The normalized spacial score (nSPS) is 12.6. The van der Waals surface area contributed by atoms with Crippen molar-refractivity contribution < 1.29 is 9.59 Å². The molecule has 0 aromatic carbocycles. The molecule has 3 N–H and O–H groups in total. The van der Waals surface area contributed by atoms with Gasteiger partial charge in [-0.3, -0.25) is 9.59 Å². The van der Waals surface area contributed by atoms with Crippen LogP contribution in [0.2, 0.25) is 0 Å². The highest BCUT2D eigenvalue weighted by molar-refractivity contribution is 7.99. The molecule has 4 nitrogen and oxygen atoms in total. The largest absolute Gasteiger partial charge is 0.345 e. The summed E-state index contributed by atoms with van der Waals surface area (Å²) in [5, 5.41) is 2.75. The van der Waals surface area contributed by atoms with Gasteiger partial charge in [0.15, 0.2) is 5.78 Å². The van der Waals surface area contributed by atoms with Crippen LogP contribution < -0.4 is 11.1 Å². The monoisotopic (exact) mass is 246 g/mol. The smallest absolute Gasteiger partial charge is 0.230 e. The Balaban J connectivity index is 3.87. The second-order valence-electron chi connectivity index (χ2n) is 4.09. The van der Waals surface area contributed by atoms with Crippen molar-refractivity contribution in [2.75, 3.05) is 18.1 Å². The highest BCUT2D eigenvalue weighted by Crippen LogP contribution is 2.05. The Labute approximate surface area is 102 Å². The molecule has 0 aliphatic heterocycles. The first-order chi connectivity index (χ1) is 7.49. The van der Waals surface area contributed by atoms with Gasteiger partial charge in [0.05, 0.1) is 11.8 Å². The predicted octanol–water partition coefficient (Wildman–Crippen LogP) is 0.798. The molecule has 0 fully saturated rings. The number of thioether (sulfide) groups is 1. The summed E-state index contributed by atoms with van der Waals surface area (Å²) in [7, 11) is 0. The first-order valence-corrected chi connectivity index (χ1v) is 6.72. The number of hydrogen-bond donors (Lipinski definition) is 2. The van der Waals surface area contributed by atoms with E-state index in [0.717, 1.165) is 12.2 Å². The molecule has 0 spiro atoms. The summed E-state index contributed by atoms with van der Waals surface area (Å²) in [5.41, 5.74) is 5.35. The molecule has 0 aliphatic rings. The topological polar surface area (TPSA) is 72.2 Å². The summed E-state index contributed by atoms with van der Waals surface area (Å²) in [6, 6.07) is -0.359. The van der Waals surface area contributed by atoms with E-state index < -0.39 is 0 Å². The molecule has 16 heavy (non-hydrogen) atoms. The average Bonchev–Trinajstić information content (AvgIpc) is 2.20. The van der Waals surface area contributed by atoms with Crippen LogP contribution in [0.15, 0.2) is 0 Å². The van der Waals surface area contributed by atoms with E-state index in [9.17, 15) is 9.59 Å². The fourth-order valence-corrected chi connectivity index (χ4v) is 2.09. The molecule has 0 aromatic rings. The third-order valence-corrected chi connectivity index (χ3v) is 3.19. The van der Waals surface area contributed by atoms with Crippen molar-refractivity contribution in [2.24, 2.45) is 11.7 Å². The minimum absolute atomic E-state index is 0.00954. The molecule has 0 aliphatic carbocycles. The Morgan fingerprint density at radius 2 is 2.00 bits per heavy atom. The Hall–Kier alpha value is -0.550. The zero-order chi connectivity index (χ0) is 12.6. The standard InChI is InChI=1S/C11H22N2O2S/c1-8(2)11(9(3)14)13-10(15)7-16-6-4-5-12/h8,11H,4-7,12H2,1-3H3,(H,13,15). The van der Waals surface area contributed by atoms with Crippen LogP contribution in [0.25, 0.3) is 0 Å². The van der Waals surface area contributed by atoms with Gasteiger partial charge in [-0.1, -0.05) is 13.8 Å². The van der Waals surface area contributed by atoms with E-state index in [1.54, 1.807) is 11.8 Å². The molecule has 1 amide bonds. The Morgan fingerprint density at radius 3 is 2.44 bits per heavy atom. The maximum absolute atomic E-state index is 11.5. The van der Waals surface area contributed by atoms with Crippen LogP contribution >= 0.6 is 11.8 Å². The summed E-state index contributed by atoms with van der Waals surface area (Å²) >= 11 is 1.55. The molecule has 0 aromatic heterocycles. The van der Waals surface area contributed by atoms with Gasteiger partial charge in [-0.25, -0.2) is 0 Å². The van der Waals surface area contributed by atoms with Gasteiger partial charge in [0.1, 0.15) is 0 Å². The lowest BCUT2D eigenvalue weighted by Crippen LogP contribution is -2.44. The van der Waals surface area contributed by atoms with E-state index in [0.29, 0.717) is 12.3 Å². The zero-order valence-corrected chi connectivity index (χ0v) is 11.1. The zero-order valence-electron chi connectivity index (χ0n) is 10.3. The molecule has 0 saturated heterocycles. The molecule has 94 valence electrons. The summed E-state index contributed by atoms with van der Waals surface area (Å²) in [5.74, 6) is 1.36. The average molecular weight is 246 g/mol. The van der Waals surface area contributed by atoms with E-state index in [4.69, 9.17) is 5.73 Å². The third kappa shape index (κ3) is 6.85. The minimum atomic E-state index is -0.359. The van der Waals surface area contributed by atoms with E-state index in [1.165, 1.54) is 6.92 Å². The molecule has 0 bridgehead atoms. The Kier molecular flexibility index (Phi) is 8.29. The first kappa shape index (κ1) is 15.4. The van der Waals surface area contributed by atoms with Crippen molar-refractivity contribution in [1.82, 2.24) is 5.32 Å². The number of carbonyl (C=O) groups is 2. The first-order valence-electron chi connectivity index (χ1n) is 5.56. The second-order valence-corrected chi connectivity index (χ2v) is 5.20. The van der Waals surface area contributed by atoms with Crippen molar-refractivity contribution in [3.8, 4) is 0 Å². The minimum Gasteiger partial charge on any atom is -0.345 e. The maximum atomic E-state index is 11.5. The molecule has 0 saturated carbocycles. The number of rotatable bonds is 8. The van der Waals surface area contributed by atoms with Gasteiger partial charge >= 0.3 is 0 Å². The molecule has 1 unspecified atom stereocenters. The molecule has 0 radical (unpaired) electrons.